The summed E-state index contributed by atoms with van der Waals surface area (Å²) in [5, 5.41) is 5.23. The number of carbonyl (C=O) groups excluding carboxylic acids is 4. The average molecular weight is 600 g/mol. The number of nitrogens with one attached hydrogen (secondary N) is 2. The number of fused-ring (bicyclic) bond motifs is 2. The Hall–Kier alpha value is -4.85. The zero-order valence-corrected chi connectivity index (χ0v) is 22.7. The minimum absolute atomic E-state index is 0.204. The molecular formula is C29H25F4N5O5. The van der Waals surface area contributed by atoms with Gasteiger partial charge in [-0.2, -0.15) is 13.2 Å². The second-order valence-corrected chi connectivity index (χ2v) is 10.1. The number of amides is 4. The minimum Gasteiger partial charge on any atom is -0.332 e. The van der Waals surface area contributed by atoms with Gasteiger partial charge in [0.2, 0.25) is 11.5 Å². The van der Waals surface area contributed by atoms with E-state index in [2.05, 4.69) is 15.6 Å². The number of nitrogens with zero attached hydrogens (tertiary/aromatic N) is 3. The van der Waals surface area contributed by atoms with Crippen LogP contribution in [0, 0.1) is 5.82 Å². The number of hydrogen-bond acceptors (Lipinski definition) is 6. The highest BCUT2D eigenvalue weighted by Gasteiger charge is 2.59. The van der Waals surface area contributed by atoms with Crippen LogP contribution in [0.15, 0.2) is 67.0 Å². The van der Waals surface area contributed by atoms with Crippen molar-refractivity contribution < 1.29 is 41.5 Å². The summed E-state index contributed by atoms with van der Waals surface area (Å²) in [6.07, 6.45) is -1.98. The zero-order valence-electron chi connectivity index (χ0n) is 22.7. The van der Waals surface area contributed by atoms with E-state index < -0.39 is 67.1 Å². The number of alkyl halides is 3. The number of rotatable bonds is 7. The third-order valence-corrected chi connectivity index (χ3v) is 7.28. The largest absolute Gasteiger partial charge is 0.408 e. The van der Waals surface area contributed by atoms with Crippen LogP contribution >= 0.6 is 0 Å². The molecule has 5 rings (SSSR count). The molecule has 2 N–H and O–H groups in total. The molecule has 3 aromatic rings. The molecule has 0 saturated carbocycles. The molecule has 1 spiro atoms. The summed E-state index contributed by atoms with van der Waals surface area (Å²) >= 11 is 0. The Morgan fingerprint density at radius 1 is 1.09 bits per heavy atom. The molecule has 14 heteroatoms. The smallest absolute Gasteiger partial charge is 0.332 e. The SMILES string of the molecule is C[C@H](N(Cc1ccc(F)cc1)C(=O)CN1CO[C@]2(C(=O)Cc3cc(NC(=O)Nc4cccnc4)ccc32)C1=O)C(F)(F)F. The summed E-state index contributed by atoms with van der Waals surface area (Å²) in [5.74, 6) is -3.10. The number of urea groups is 1. The standard InChI is InChI=1S/C29H25F4N5O5/c1-17(29(31,32)33)38(14-18-4-6-20(30)7-5-18)25(40)15-37-16-43-28(26(37)41)23-9-8-21(11-19(23)12-24(28)39)35-27(42)36-22-3-2-10-34-13-22/h2-11,13,17H,12,14-16H2,1H3,(H2,35,36,42)/t17-,28+/m0/s1. The highest BCUT2D eigenvalue weighted by Crippen LogP contribution is 2.43. The molecule has 0 unspecified atom stereocenters. The summed E-state index contributed by atoms with van der Waals surface area (Å²) in [6, 6.07) is 9.60. The van der Waals surface area contributed by atoms with Gasteiger partial charge in [0.1, 0.15) is 25.1 Å². The van der Waals surface area contributed by atoms with Crippen LogP contribution in [0.4, 0.5) is 33.7 Å². The van der Waals surface area contributed by atoms with Gasteiger partial charge in [0.15, 0.2) is 5.78 Å². The lowest BCUT2D eigenvalue weighted by Crippen LogP contribution is -2.51. The summed E-state index contributed by atoms with van der Waals surface area (Å²) in [6.45, 7) is -0.961. The molecule has 10 nitrogen and oxygen atoms in total. The van der Waals surface area contributed by atoms with E-state index in [1.807, 2.05) is 0 Å². The van der Waals surface area contributed by atoms with Gasteiger partial charge < -0.3 is 25.2 Å². The fourth-order valence-corrected chi connectivity index (χ4v) is 5.03. The molecule has 2 aromatic carbocycles. The van der Waals surface area contributed by atoms with Crippen LogP contribution in [0.2, 0.25) is 0 Å². The Morgan fingerprint density at radius 2 is 1.81 bits per heavy atom. The second-order valence-electron chi connectivity index (χ2n) is 10.1. The maximum atomic E-state index is 13.7. The van der Waals surface area contributed by atoms with Gasteiger partial charge in [0, 0.05) is 30.4 Å². The van der Waals surface area contributed by atoms with Gasteiger partial charge in [-0.25, -0.2) is 9.18 Å². The monoisotopic (exact) mass is 599 g/mol. The van der Waals surface area contributed by atoms with E-state index in [1.54, 1.807) is 18.3 Å². The number of ether oxygens (including phenoxy) is 1. The second kappa shape index (κ2) is 11.4. The van der Waals surface area contributed by atoms with Crippen molar-refractivity contribution in [1.29, 1.82) is 0 Å². The average Bonchev–Trinajstić information content (AvgIpc) is 3.43. The lowest BCUT2D eigenvalue weighted by Gasteiger charge is -2.32. The fraction of sp³-hybridized carbons (Fsp3) is 0.276. The van der Waals surface area contributed by atoms with Crippen LogP contribution in [0.25, 0.3) is 0 Å². The van der Waals surface area contributed by atoms with Crippen molar-refractivity contribution in [2.75, 3.05) is 23.9 Å². The molecule has 2 heterocycles. The predicted molar refractivity (Wildman–Crippen MR) is 144 cm³/mol. The molecule has 1 aromatic heterocycles. The molecule has 4 amide bonds. The molecule has 1 fully saturated rings. The van der Waals surface area contributed by atoms with Crippen LogP contribution in [-0.2, 0) is 37.7 Å². The number of hydrogen-bond donors (Lipinski definition) is 2. The Morgan fingerprint density at radius 3 is 2.49 bits per heavy atom. The number of pyridine rings is 1. The third kappa shape index (κ3) is 5.91. The first kappa shape index (κ1) is 29.6. The molecule has 0 bridgehead atoms. The molecule has 224 valence electrons. The number of benzene rings is 2. The molecule has 43 heavy (non-hydrogen) atoms. The van der Waals surface area contributed by atoms with Crippen molar-refractivity contribution in [2.45, 2.75) is 37.7 Å². The van der Waals surface area contributed by atoms with Crippen LogP contribution in [0.1, 0.15) is 23.6 Å². The van der Waals surface area contributed by atoms with Gasteiger partial charge >= 0.3 is 12.2 Å². The number of ketones is 1. The summed E-state index contributed by atoms with van der Waals surface area (Å²) < 4.78 is 60.0. The van der Waals surface area contributed by atoms with Gasteiger partial charge in [-0.15, -0.1) is 0 Å². The maximum Gasteiger partial charge on any atom is 0.408 e. The number of carbonyl (C=O) groups is 4. The van der Waals surface area contributed by atoms with Crippen molar-refractivity contribution in [3.63, 3.8) is 0 Å². The van der Waals surface area contributed by atoms with E-state index in [0.717, 1.165) is 24.0 Å². The highest BCUT2D eigenvalue weighted by atomic mass is 19.4. The first-order valence-electron chi connectivity index (χ1n) is 13.1. The Labute approximate surface area is 242 Å². The van der Waals surface area contributed by atoms with Crippen molar-refractivity contribution >= 4 is 35.0 Å². The fourth-order valence-electron chi connectivity index (χ4n) is 5.03. The van der Waals surface area contributed by atoms with Gasteiger partial charge in [-0.3, -0.25) is 19.4 Å². The van der Waals surface area contributed by atoms with Crippen molar-refractivity contribution in [1.82, 2.24) is 14.8 Å². The molecule has 1 aliphatic heterocycles. The number of aromatic nitrogens is 1. The molecule has 2 atom stereocenters. The number of halogens is 4. The van der Waals surface area contributed by atoms with Crippen LogP contribution in [-0.4, -0.2) is 63.9 Å². The lowest BCUT2D eigenvalue weighted by atomic mass is 9.94. The molecular weight excluding hydrogens is 574 g/mol. The Kier molecular flexibility index (Phi) is 7.88. The summed E-state index contributed by atoms with van der Waals surface area (Å²) in [7, 11) is 0. The minimum atomic E-state index is -4.77. The van der Waals surface area contributed by atoms with Crippen molar-refractivity contribution in [3.8, 4) is 0 Å². The van der Waals surface area contributed by atoms with E-state index >= 15 is 0 Å². The van der Waals surface area contributed by atoms with E-state index in [0.29, 0.717) is 21.8 Å². The van der Waals surface area contributed by atoms with Crippen LogP contribution in [0.3, 0.4) is 0 Å². The van der Waals surface area contributed by atoms with Crippen molar-refractivity contribution in [2.24, 2.45) is 0 Å². The van der Waals surface area contributed by atoms with Crippen molar-refractivity contribution in [3.05, 3.63) is 89.5 Å². The molecule has 2 aliphatic rings. The molecule has 1 aliphatic carbocycles. The summed E-state index contributed by atoms with van der Waals surface area (Å²) in [5.41, 5.74) is -0.374. The van der Waals surface area contributed by atoms with E-state index in [9.17, 15) is 36.7 Å². The third-order valence-electron chi connectivity index (χ3n) is 7.28. The Bertz CT molecular complexity index is 1570. The molecule has 0 radical (unpaired) electrons. The van der Waals surface area contributed by atoms with Crippen LogP contribution < -0.4 is 10.6 Å². The van der Waals surface area contributed by atoms with Gasteiger partial charge in [0.05, 0.1) is 11.9 Å². The Balaban J connectivity index is 1.31. The predicted octanol–water partition coefficient (Wildman–Crippen LogP) is 3.98. The lowest BCUT2D eigenvalue weighted by molar-refractivity contribution is -0.187. The number of Topliss-reactive ketones (excluding diaryl/α,β-unsaturated/α-hetero) is 1. The van der Waals surface area contributed by atoms with Crippen LogP contribution in [0.5, 0.6) is 0 Å². The van der Waals surface area contributed by atoms with Gasteiger partial charge in [0.25, 0.3) is 5.91 Å². The first-order valence-corrected chi connectivity index (χ1v) is 13.1. The van der Waals surface area contributed by atoms with Gasteiger partial charge in [-0.1, -0.05) is 18.2 Å². The maximum absolute atomic E-state index is 13.7. The van der Waals surface area contributed by atoms with E-state index in [4.69, 9.17) is 4.74 Å². The zero-order chi connectivity index (χ0) is 30.9. The molecule has 1 saturated heterocycles. The quantitative estimate of drug-likeness (QED) is 0.313. The van der Waals surface area contributed by atoms with E-state index in [1.165, 1.54) is 36.5 Å². The van der Waals surface area contributed by atoms with Gasteiger partial charge in [-0.05, 0) is 54.4 Å². The normalized spacial score (nSPS) is 18.5. The van der Waals surface area contributed by atoms with E-state index in [-0.39, 0.29) is 17.5 Å². The summed E-state index contributed by atoms with van der Waals surface area (Å²) in [4.78, 5) is 57.6. The highest BCUT2D eigenvalue weighted by molar-refractivity contribution is 6.15. The topological polar surface area (TPSA) is 121 Å². The number of anilines is 2. The first-order chi connectivity index (χ1) is 20.4.